The summed E-state index contributed by atoms with van der Waals surface area (Å²) in [4.78, 5) is 6.56. The Kier molecular flexibility index (Phi) is 5.49. The molecule has 4 rings (SSSR count). The van der Waals surface area contributed by atoms with E-state index in [2.05, 4.69) is 61.7 Å². The first-order chi connectivity index (χ1) is 13.9. The van der Waals surface area contributed by atoms with Crippen LogP contribution in [0.25, 0.3) is 22.9 Å². The number of aromatic nitrogens is 3. The van der Waals surface area contributed by atoms with E-state index in [0.29, 0.717) is 16.9 Å². The van der Waals surface area contributed by atoms with Crippen LogP contribution >= 0.6 is 27.5 Å². The van der Waals surface area contributed by atoms with Crippen LogP contribution in [0, 0.1) is 12.3 Å². The van der Waals surface area contributed by atoms with Crippen LogP contribution in [0.4, 0.5) is 5.69 Å². The zero-order valence-corrected chi connectivity index (χ0v) is 18.8. The van der Waals surface area contributed by atoms with Crippen LogP contribution in [-0.2, 0) is 0 Å². The van der Waals surface area contributed by atoms with Gasteiger partial charge in [0.25, 0.3) is 0 Å². The molecule has 0 atom stereocenters. The molecule has 1 aliphatic heterocycles. The summed E-state index contributed by atoms with van der Waals surface area (Å²) in [6, 6.07) is 9.74. The van der Waals surface area contributed by atoms with Crippen LogP contribution in [0.15, 0.2) is 51.9 Å². The Hall–Kier alpha value is -2.18. The van der Waals surface area contributed by atoms with Crippen molar-refractivity contribution in [1.29, 1.82) is 0 Å². The van der Waals surface area contributed by atoms with Crippen molar-refractivity contribution in [3.8, 4) is 22.9 Å². The summed E-state index contributed by atoms with van der Waals surface area (Å²) in [7, 11) is 0. The van der Waals surface area contributed by atoms with Gasteiger partial charge in [0, 0.05) is 28.8 Å². The normalized spacial score (nSPS) is 16.1. The van der Waals surface area contributed by atoms with Gasteiger partial charge in [0.1, 0.15) is 5.15 Å². The molecule has 1 aromatic carbocycles. The molecule has 3 aromatic rings. The number of hydrogen-bond acceptors (Lipinski definition) is 5. The first-order valence-electron chi connectivity index (χ1n) is 9.53. The highest BCUT2D eigenvalue weighted by Gasteiger charge is 2.29. The molecule has 0 N–H and O–H groups in total. The molecule has 29 heavy (non-hydrogen) atoms. The predicted octanol–water partition coefficient (Wildman–Crippen LogP) is 6.32. The van der Waals surface area contributed by atoms with E-state index in [0.717, 1.165) is 52.9 Å². The lowest BCUT2D eigenvalue weighted by molar-refractivity contribution is 0.327. The fraction of sp³-hybridized carbons (Fsp3) is 0.318. The van der Waals surface area contributed by atoms with E-state index in [4.69, 9.17) is 16.0 Å². The molecule has 0 aliphatic carbocycles. The van der Waals surface area contributed by atoms with Gasteiger partial charge in [-0.2, -0.15) is 0 Å². The second-order valence-electron chi connectivity index (χ2n) is 7.74. The van der Waals surface area contributed by atoms with Crippen LogP contribution in [0.5, 0.6) is 0 Å². The van der Waals surface area contributed by atoms with E-state index >= 15 is 0 Å². The third-order valence-electron chi connectivity index (χ3n) is 5.52. The minimum absolute atomic E-state index is 0.193. The largest absolute Gasteiger partial charge is 0.416 e. The molecule has 1 saturated heterocycles. The molecule has 0 spiro atoms. The lowest BCUT2D eigenvalue weighted by Gasteiger charge is -2.39. The zero-order valence-electron chi connectivity index (χ0n) is 16.5. The van der Waals surface area contributed by atoms with E-state index in [-0.39, 0.29) is 5.41 Å². The summed E-state index contributed by atoms with van der Waals surface area (Å²) in [5.74, 6) is 0.921. The maximum atomic E-state index is 6.08. The number of nitrogens with zero attached hydrogens (tertiary/aromatic N) is 4. The second kappa shape index (κ2) is 7.92. The number of hydrogen-bond donors (Lipinski definition) is 0. The number of piperidine rings is 1. The highest BCUT2D eigenvalue weighted by molar-refractivity contribution is 9.10. The molecule has 0 saturated carbocycles. The number of allylic oxidation sites excluding steroid dienone is 1. The third kappa shape index (κ3) is 4.23. The fourth-order valence-corrected chi connectivity index (χ4v) is 4.21. The molecule has 2 aromatic heterocycles. The quantitative estimate of drug-likeness (QED) is 0.328. The first kappa shape index (κ1) is 20.1. The topological polar surface area (TPSA) is 55.1 Å². The van der Waals surface area contributed by atoms with Crippen molar-refractivity contribution in [3.05, 3.63) is 58.3 Å². The monoisotopic (exact) mass is 472 g/mol. The van der Waals surface area contributed by atoms with E-state index in [1.54, 1.807) is 6.07 Å². The van der Waals surface area contributed by atoms with E-state index in [1.807, 2.05) is 25.1 Å². The summed E-state index contributed by atoms with van der Waals surface area (Å²) in [5, 5.41) is 8.96. The van der Waals surface area contributed by atoms with Gasteiger partial charge in [-0.25, -0.2) is 4.98 Å². The predicted molar refractivity (Wildman–Crippen MR) is 120 cm³/mol. The summed E-state index contributed by atoms with van der Waals surface area (Å²) in [5.41, 5.74) is 3.77. The summed E-state index contributed by atoms with van der Waals surface area (Å²) in [6.07, 6.45) is 4.21. The van der Waals surface area contributed by atoms with Crippen molar-refractivity contribution in [1.82, 2.24) is 15.2 Å². The molecule has 7 heteroatoms. The average Bonchev–Trinajstić information content (AvgIpc) is 3.18. The lowest BCUT2D eigenvalue weighted by Crippen LogP contribution is -2.38. The van der Waals surface area contributed by atoms with E-state index in [9.17, 15) is 0 Å². The van der Waals surface area contributed by atoms with Crippen LogP contribution in [0.2, 0.25) is 5.15 Å². The van der Waals surface area contributed by atoms with Gasteiger partial charge in [-0.15, -0.1) is 16.8 Å². The van der Waals surface area contributed by atoms with Gasteiger partial charge in [0.15, 0.2) is 0 Å². The van der Waals surface area contributed by atoms with Crippen LogP contribution in [0.3, 0.4) is 0 Å². The SMILES string of the molecule is C=CC1(C)CCN(c2cc(Br)ccc2-c2nnc(-c3cc(C)nc(Cl)c3)o2)CC1. The van der Waals surface area contributed by atoms with Crippen molar-refractivity contribution in [2.45, 2.75) is 26.7 Å². The minimum atomic E-state index is 0.193. The van der Waals surface area contributed by atoms with Gasteiger partial charge in [0.2, 0.25) is 11.8 Å². The Labute approximate surface area is 183 Å². The maximum Gasteiger partial charge on any atom is 0.250 e. The van der Waals surface area contributed by atoms with E-state index < -0.39 is 0 Å². The van der Waals surface area contributed by atoms with Gasteiger partial charge in [-0.05, 0) is 55.5 Å². The second-order valence-corrected chi connectivity index (χ2v) is 9.04. The average molecular weight is 474 g/mol. The fourth-order valence-electron chi connectivity index (χ4n) is 3.61. The van der Waals surface area contributed by atoms with Crippen LogP contribution in [0.1, 0.15) is 25.5 Å². The number of pyridine rings is 1. The van der Waals surface area contributed by atoms with Gasteiger partial charge in [-0.3, -0.25) is 0 Å². The molecular weight excluding hydrogens is 452 g/mol. The lowest BCUT2D eigenvalue weighted by atomic mass is 9.80. The smallest absolute Gasteiger partial charge is 0.250 e. The van der Waals surface area contributed by atoms with E-state index in [1.165, 1.54) is 0 Å². The van der Waals surface area contributed by atoms with Crippen molar-refractivity contribution in [3.63, 3.8) is 0 Å². The van der Waals surface area contributed by atoms with Crippen molar-refractivity contribution in [2.24, 2.45) is 5.41 Å². The number of rotatable bonds is 4. The molecule has 1 fully saturated rings. The van der Waals surface area contributed by atoms with Crippen molar-refractivity contribution < 1.29 is 4.42 Å². The molecule has 0 amide bonds. The molecule has 1 aliphatic rings. The standard InChI is InChI=1S/C22H22BrClN4O/c1-4-22(3)7-9-28(10-8-22)18-13-16(23)5-6-17(18)21-27-26-20(29-21)15-11-14(2)25-19(24)12-15/h4-6,11-13H,1,7-10H2,2-3H3. The van der Waals surface area contributed by atoms with Gasteiger partial charge in [-0.1, -0.05) is 40.5 Å². The summed E-state index contributed by atoms with van der Waals surface area (Å²) < 4.78 is 7.05. The Morgan fingerprint density at radius 3 is 2.59 bits per heavy atom. The molecule has 0 radical (unpaired) electrons. The zero-order chi connectivity index (χ0) is 20.6. The van der Waals surface area contributed by atoms with Crippen molar-refractivity contribution >= 4 is 33.2 Å². The Morgan fingerprint density at radius 2 is 1.90 bits per heavy atom. The molecular formula is C22H22BrClN4O. The van der Waals surface area contributed by atoms with Gasteiger partial charge < -0.3 is 9.32 Å². The number of benzene rings is 1. The first-order valence-corrected chi connectivity index (χ1v) is 10.7. The molecule has 0 bridgehead atoms. The third-order valence-corrected chi connectivity index (χ3v) is 6.21. The maximum absolute atomic E-state index is 6.08. The molecule has 5 nitrogen and oxygen atoms in total. The molecule has 0 unspecified atom stereocenters. The number of halogens is 2. The number of anilines is 1. The summed E-state index contributed by atoms with van der Waals surface area (Å²) >= 11 is 9.68. The highest BCUT2D eigenvalue weighted by atomic mass is 79.9. The van der Waals surface area contributed by atoms with Crippen LogP contribution < -0.4 is 4.90 Å². The molecule has 150 valence electrons. The molecule has 3 heterocycles. The van der Waals surface area contributed by atoms with Crippen LogP contribution in [-0.4, -0.2) is 28.3 Å². The minimum Gasteiger partial charge on any atom is -0.416 e. The highest BCUT2D eigenvalue weighted by Crippen LogP contribution is 2.39. The van der Waals surface area contributed by atoms with Crippen molar-refractivity contribution in [2.75, 3.05) is 18.0 Å². The van der Waals surface area contributed by atoms with Gasteiger partial charge in [0.05, 0.1) is 11.3 Å². The van der Waals surface area contributed by atoms with Gasteiger partial charge >= 0.3 is 0 Å². The number of aryl methyl sites for hydroxylation is 1. The Morgan fingerprint density at radius 1 is 1.17 bits per heavy atom. The summed E-state index contributed by atoms with van der Waals surface area (Å²) in [6.45, 7) is 10.1. The Balaban J connectivity index is 1.68. The Bertz CT molecular complexity index is 1040.